The Balaban J connectivity index is 1.61. The van der Waals surface area contributed by atoms with Crippen molar-refractivity contribution >= 4 is 15.9 Å². The van der Waals surface area contributed by atoms with Crippen LogP contribution in [0.15, 0.2) is 22.7 Å². The van der Waals surface area contributed by atoms with Crippen molar-refractivity contribution in [2.45, 2.75) is 63.3 Å². The average molecular weight is 355 g/mol. The highest BCUT2D eigenvalue weighted by molar-refractivity contribution is 9.10. The molecule has 1 saturated carbocycles. The van der Waals surface area contributed by atoms with Crippen LogP contribution in [0.5, 0.6) is 5.75 Å². The molecule has 1 aromatic rings. The molecular formula is C17H23BrO3. The molecular weight excluding hydrogens is 332 g/mol. The monoisotopic (exact) mass is 354 g/mol. The lowest BCUT2D eigenvalue weighted by atomic mass is 9.98. The van der Waals surface area contributed by atoms with E-state index < -0.39 is 6.10 Å². The van der Waals surface area contributed by atoms with Gasteiger partial charge in [-0.2, -0.15) is 0 Å². The maximum atomic E-state index is 9.86. The molecule has 21 heavy (non-hydrogen) atoms. The lowest BCUT2D eigenvalue weighted by Crippen LogP contribution is -2.27. The highest BCUT2D eigenvalue weighted by Crippen LogP contribution is 2.43. The molecule has 0 aromatic heterocycles. The fourth-order valence-electron chi connectivity index (χ4n) is 3.56. The van der Waals surface area contributed by atoms with Crippen LogP contribution in [-0.4, -0.2) is 23.4 Å². The number of hydrogen-bond acceptors (Lipinski definition) is 3. The molecule has 3 nitrogen and oxygen atoms in total. The molecule has 2 aliphatic rings. The Morgan fingerprint density at radius 3 is 2.86 bits per heavy atom. The zero-order valence-electron chi connectivity index (χ0n) is 12.5. The van der Waals surface area contributed by atoms with Crippen LogP contribution in [0.2, 0.25) is 0 Å². The maximum Gasteiger partial charge on any atom is 0.125 e. The quantitative estimate of drug-likeness (QED) is 0.872. The van der Waals surface area contributed by atoms with E-state index in [-0.39, 0.29) is 11.7 Å². The number of aliphatic hydroxyl groups is 1. The van der Waals surface area contributed by atoms with Gasteiger partial charge in [-0.1, -0.05) is 28.8 Å². The minimum absolute atomic E-state index is 0.154. The smallest absolute Gasteiger partial charge is 0.125 e. The predicted molar refractivity (Wildman–Crippen MR) is 85.6 cm³/mol. The van der Waals surface area contributed by atoms with Crippen molar-refractivity contribution in [2.75, 3.05) is 6.61 Å². The maximum absolute atomic E-state index is 9.86. The van der Waals surface area contributed by atoms with Gasteiger partial charge < -0.3 is 14.6 Å². The first kappa shape index (κ1) is 15.3. The third-order valence-corrected chi connectivity index (χ3v) is 5.19. The minimum Gasteiger partial charge on any atom is -0.490 e. The van der Waals surface area contributed by atoms with Gasteiger partial charge in [0.25, 0.3) is 0 Å². The van der Waals surface area contributed by atoms with E-state index in [9.17, 15) is 5.11 Å². The normalized spacial score (nSPS) is 25.4. The zero-order valence-corrected chi connectivity index (χ0v) is 14.1. The molecule has 0 radical (unpaired) electrons. The molecule has 1 heterocycles. The summed E-state index contributed by atoms with van der Waals surface area (Å²) >= 11 is 3.43. The molecule has 1 aliphatic carbocycles. The molecule has 1 spiro atoms. The van der Waals surface area contributed by atoms with E-state index in [1.54, 1.807) is 6.92 Å². The second kappa shape index (κ2) is 6.27. The van der Waals surface area contributed by atoms with Gasteiger partial charge in [-0.15, -0.1) is 0 Å². The fourth-order valence-corrected chi connectivity index (χ4v) is 3.94. The van der Waals surface area contributed by atoms with E-state index in [4.69, 9.17) is 9.47 Å². The molecule has 2 atom stereocenters. The van der Waals surface area contributed by atoms with Crippen molar-refractivity contribution in [3.8, 4) is 5.75 Å². The van der Waals surface area contributed by atoms with Gasteiger partial charge >= 0.3 is 0 Å². The lowest BCUT2D eigenvalue weighted by molar-refractivity contribution is -0.0511. The predicted octanol–water partition coefficient (Wildman–Crippen LogP) is 4.37. The van der Waals surface area contributed by atoms with E-state index in [0.717, 1.165) is 22.2 Å². The third-order valence-electron chi connectivity index (χ3n) is 4.70. The Hall–Kier alpha value is -0.580. The van der Waals surface area contributed by atoms with Crippen LogP contribution < -0.4 is 4.74 Å². The van der Waals surface area contributed by atoms with Crippen LogP contribution >= 0.6 is 15.9 Å². The highest BCUT2D eigenvalue weighted by Gasteiger charge is 2.42. The second-order valence-electron chi connectivity index (χ2n) is 6.34. The molecule has 1 saturated heterocycles. The molecule has 4 heteroatoms. The Bertz CT molecular complexity index is 495. The van der Waals surface area contributed by atoms with E-state index in [0.29, 0.717) is 6.61 Å². The van der Waals surface area contributed by atoms with Gasteiger partial charge in [0.2, 0.25) is 0 Å². The van der Waals surface area contributed by atoms with E-state index >= 15 is 0 Å². The number of halogens is 1. The molecule has 1 unspecified atom stereocenters. The highest BCUT2D eigenvalue weighted by atomic mass is 79.9. The van der Waals surface area contributed by atoms with Gasteiger partial charge in [-0.05, 0) is 50.8 Å². The third kappa shape index (κ3) is 3.43. The van der Waals surface area contributed by atoms with Gasteiger partial charge in [-0.25, -0.2) is 0 Å². The standard InChI is InChI=1S/C17H23BrO3/c1-12(19)15-10-13(18)4-5-16(15)20-11-14-6-9-17(21-14)7-2-3-8-17/h4-5,10,12,14,19H,2-3,6-9,11H2,1H3/t12-,14?/m0/s1. The van der Waals surface area contributed by atoms with Gasteiger partial charge in [-0.3, -0.25) is 0 Å². The van der Waals surface area contributed by atoms with Crippen molar-refractivity contribution in [1.82, 2.24) is 0 Å². The van der Waals surface area contributed by atoms with Crippen molar-refractivity contribution < 1.29 is 14.6 Å². The molecule has 1 aliphatic heterocycles. The summed E-state index contributed by atoms with van der Waals surface area (Å²) in [5.74, 6) is 0.754. The van der Waals surface area contributed by atoms with Crippen LogP contribution in [0.25, 0.3) is 0 Å². The number of rotatable bonds is 4. The first-order valence-electron chi connectivity index (χ1n) is 7.86. The van der Waals surface area contributed by atoms with Crippen LogP contribution in [0.1, 0.15) is 57.1 Å². The Kier molecular flexibility index (Phi) is 4.57. The molecule has 116 valence electrons. The van der Waals surface area contributed by atoms with Crippen LogP contribution in [0.4, 0.5) is 0 Å². The summed E-state index contributed by atoms with van der Waals surface area (Å²) in [6.45, 7) is 2.33. The molecule has 3 rings (SSSR count). The first-order valence-corrected chi connectivity index (χ1v) is 8.65. The molecule has 2 fully saturated rings. The number of benzene rings is 1. The summed E-state index contributed by atoms with van der Waals surface area (Å²) in [5.41, 5.74) is 0.971. The molecule has 1 aromatic carbocycles. The van der Waals surface area contributed by atoms with Crippen LogP contribution in [0, 0.1) is 0 Å². The van der Waals surface area contributed by atoms with Crippen molar-refractivity contribution in [2.24, 2.45) is 0 Å². The van der Waals surface area contributed by atoms with Gasteiger partial charge in [0.1, 0.15) is 12.4 Å². The molecule has 0 amide bonds. The number of ether oxygens (including phenoxy) is 2. The van der Waals surface area contributed by atoms with Crippen molar-refractivity contribution in [3.05, 3.63) is 28.2 Å². The topological polar surface area (TPSA) is 38.7 Å². The summed E-state index contributed by atoms with van der Waals surface area (Å²) in [5, 5.41) is 9.86. The zero-order chi connectivity index (χ0) is 14.9. The fraction of sp³-hybridized carbons (Fsp3) is 0.647. The van der Waals surface area contributed by atoms with Gasteiger partial charge in [0.05, 0.1) is 17.8 Å². The lowest BCUT2D eigenvalue weighted by Gasteiger charge is -2.24. The first-order chi connectivity index (χ1) is 10.1. The van der Waals surface area contributed by atoms with Crippen molar-refractivity contribution in [3.63, 3.8) is 0 Å². The second-order valence-corrected chi connectivity index (χ2v) is 7.25. The number of aliphatic hydroxyl groups excluding tert-OH is 1. The Morgan fingerprint density at radius 2 is 2.14 bits per heavy atom. The van der Waals surface area contributed by atoms with Gasteiger partial charge in [0.15, 0.2) is 0 Å². The van der Waals surface area contributed by atoms with E-state index in [2.05, 4.69) is 15.9 Å². The SMILES string of the molecule is C[C@H](O)c1cc(Br)ccc1OCC1CCC2(CCCC2)O1. The van der Waals surface area contributed by atoms with Crippen molar-refractivity contribution in [1.29, 1.82) is 0 Å². The minimum atomic E-state index is -0.539. The summed E-state index contributed by atoms with van der Waals surface area (Å²) < 4.78 is 13.1. The molecule has 0 bridgehead atoms. The summed E-state index contributed by atoms with van der Waals surface area (Å²) in [6.07, 6.45) is 6.92. The summed E-state index contributed by atoms with van der Waals surface area (Å²) in [7, 11) is 0. The Morgan fingerprint density at radius 1 is 1.38 bits per heavy atom. The van der Waals surface area contributed by atoms with Crippen LogP contribution in [0.3, 0.4) is 0 Å². The Labute approximate surface area is 134 Å². The summed E-state index contributed by atoms with van der Waals surface area (Å²) in [6, 6.07) is 5.76. The largest absolute Gasteiger partial charge is 0.490 e. The van der Waals surface area contributed by atoms with E-state index in [1.807, 2.05) is 18.2 Å². The molecule has 1 N–H and O–H groups in total. The van der Waals surface area contributed by atoms with E-state index in [1.165, 1.54) is 32.1 Å². The van der Waals surface area contributed by atoms with Gasteiger partial charge in [0, 0.05) is 10.0 Å². The summed E-state index contributed by atoms with van der Waals surface area (Å²) in [4.78, 5) is 0. The van der Waals surface area contributed by atoms with Crippen LogP contribution in [-0.2, 0) is 4.74 Å². The number of hydrogen-bond donors (Lipinski definition) is 1. The average Bonchev–Trinajstić information content (AvgIpc) is 3.08.